The predicted molar refractivity (Wildman–Crippen MR) is 70.6 cm³/mol. The first kappa shape index (κ1) is 12.8. The van der Waals surface area contributed by atoms with E-state index in [1.54, 1.807) is 0 Å². The summed E-state index contributed by atoms with van der Waals surface area (Å²) in [4.78, 5) is 0. The first-order chi connectivity index (χ1) is 5.20. The zero-order valence-corrected chi connectivity index (χ0v) is 10.6. The first-order valence-corrected chi connectivity index (χ1v) is 6.81. The lowest BCUT2D eigenvalue weighted by atomic mass is 10.5. The first-order valence-electron chi connectivity index (χ1n) is 3.36. The summed E-state index contributed by atoms with van der Waals surface area (Å²) in [5.74, 6) is 3.79. The highest BCUT2D eigenvalue weighted by molar-refractivity contribution is 8.01. The van der Waals surface area contributed by atoms with Crippen LogP contribution >= 0.6 is 62.3 Å². The zero-order chi connectivity index (χ0) is 8.69. The van der Waals surface area contributed by atoms with Gasteiger partial charge in [-0.05, 0) is 0 Å². The Bertz CT molecular complexity index is 77.0. The van der Waals surface area contributed by atoms with Gasteiger partial charge in [0, 0.05) is 33.5 Å². The average Bonchev–Trinajstić information content (AvgIpc) is 2.04. The standard InChI is InChI=1S/C6H14S5/c7-1-5(9)3-11-4-6(10)2-8/h5-10H,1-4H2/t5-,6?/m0/s1. The number of hydrogen-bond donors (Lipinski definition) is 4. The molecule has 0 radical (unpaired) electrons. The number of rotatable bonds is 6. The largest absolute Gasteiger partial charge is 0.178 e. The van der Waals surface area contributed by atoms with Gasteiger partial charge >= 0.3 is 0 Å². The van der Waals surface area contributed by atoms with Crippen LogP contribution in [0.5, 0.6) is 0 Å². The van der Waals surface area contributed by atoms with Crippen molar-refractivity contribution < 1.29 is 0 Å². The van der Waals surface area contributed by atoms with E-state index in [2.05, 4.69) is 50.5 Å². The van der Waals surface area contributed by atoms with Crippen molar-refractivity contribution in [3.63, 3.8) is 0 Å². The third-order valence-electron chi connectivity index (χ3n) is 1.04. The van der Waals surface area contributed by atoms with E-state index in [0.29, 0.717) is 10.5 Å². The number of hydrogen-bond acceptors (Lipinski definition) is 5. The van der Waals surface area contributed by atoms with Gasteiger partial charge in [0.1, 0.15) is 0 Å². The molecule has 0 bridgehead atoms. The van der Waals surface area contributed by atoms with Gasteiger partial charge in [-0.3, -0.25) is 0 Å². The van der Waals surface area contributed by atoms with E-state index in [-0.39, 0.29) is 0 Å². The zero-order valence-electron chi connectivity index (χ0n) is 6.18. The van der Waals surface area contributed by atoms with E-state index in [0.717, 1.165) is 23.0 Å². The van der Waals surface area contributed by atoms with Gasteiger partial charge in [-0.1, -0.05) is 0 Å². The summed E-state index contributed by atoms with van der Waals surface area (Å²) in [7, 11) is 0. The van der Waals surface area contributed by atoms with Crippen LogP contribution in [-0.4, -0.2) is 33.5 Å². The van der Waals surface area contributed by atoms with Crippen molar-refractivity contribution in [1.29, 1.82) is 0 Å². The molecule has 68 valence electrons. The smallest absolute Gasteiger partial charge is 0.0196 e. The summed E-state index contributed by atoms with van der Waals surface area (Å²) >= 11 is 18.8. The molecule has 0 spiro atoms. The van der Waals surface area contributed by atoms with Crippen LogP contribution in [-0.2, 0) is 0 Å². The van der Waals surface area contributed by atoms with Crippen molar-refractivity contribution in [3.05, 3.63) is 0 Å². The molecular formula is C6H14S5. The highest BCUT2D eigenvalue weighted by atomic mass is 32.2. The van der Waals surface area contributed by atoms with Gasteiger partial charge in [-0.25, -0.2) is 0 Å². The van der Waals surface area contributed by atoms with Gasteiger partial charge in [0.15, 0.2) is 0 Å². The Morgan fingerprint density at radius 3 is 1.55 bits per heavy atom. The van der Waals surface area contributed by atoms with Gasteiger partial charge in [0.05, 0.1) is 0 Å². The van der Waals surface area contributed by atoms with Crippen LogP contribution in [0.15, 0.2) is 0 Å². The maximum Gasteiger partial charge on any atom is 0.0196 e. The molecular weight excluding hydrogens is 232 g/mol. The Kier molecular flexibility index (Phi) is 9.68. The van der Waals surface area contributed by atoms with E-state index >= 15 is 0 Å². The van der Waals surface area contributed by atoms with E-state index in [9.17, 15) is 0 Å². The maximum atomic E-state index is 4.32. The van der Waals surface area contributed by atoms with Crippen molar-refractivity contribution >= 4 is 62.3 Å². The molecule has 0 aliphatic carbocycles. The third kappa shape index (κ3) is 8.09. The van der Waals surface area contributed by atoms with Gasteiger partial charge in [0.25, 0.3) is 0 Å². The normalized spacial score (nSPS) is 16.4. The van der Waals surface area contributed by atoms with Crippen molar-refractivity contribution in [2.24, 2.45) is 0 Å². The second-order valence-electron chi connectivity index (χ2n) is 2.21. The van der Waals surface area contributed by atoms with E-state index in [1.807, 2.05) is 11.8 Å². The molecule has 0 rings (SSSR count). The molecule has 0 fully saturated rings. The number of thioether (sulfide) groups is 1. The fourth-order valence-electron chi connectivity index (χ4n) is 0.446. The Morgan fingerprint density at radius 1 is 0.909 bits per heavy atom. The SMILES string of the molecule is SCC(S)CSC[C@@H](S)CS. The molecule has 0 nitrogen and oxygen atoms in total. The Balaban J connectivity index is 3.13. The summed E-state index contributed by atoms with van der Waals surface area (Å²) in [6.07, 6.45) is 0. The molecule has 5 heteroatoms. The molecule has 0 aliphatic heterocycles. The fraction of sp³-hybridized carbons (Fsp3) is 1.00. The summed E-state index contributed by atoms with van der Waals surface area (Å²) in [6.45, 7) is 0. The molecule has 1 unspecified atom stereocenters. The molecule has 0 heterocycles. The van der Waals surface area contributed by atoms with Crippen LogP contribution in [0, 0.1) is 0 Å². The summed E-state index contributed by atoms with van der Waals surface area (Å²) in [6, 6.07) is 0. The van der Waals surface area contributed by atoms with Gasteiger partial charge in [-0.15, -0.1) is 0 Å². The Labute approximate surface area is 95.3 Å². The second kappa shape index (κ2) is 8.35. The molecule has 0 aromatic carbocycles. The average molecular weight is 247 g/mol. The number of thiol groups is 4. The highest BCUT2D eigenvalue weighted by Crippen LogP contribution is 2.13. The van der Waals surface area contributed by atoms with Crippen molar-refractivity contribution in [2.45, 2.75) is 10.5 Å². The van der Waals surface area contributed by atoms with Crippen molar-refractivity contribution in [3.8, 4) is 0 Å². The van der Waals surface area contributed by atoms with Gasteiger partial charge < -0.3 is 0 Å². The lowest BCUT2D eigenvalue weighted by Crippen LogP contribution is -2.09. The van der Waals surface area contributed by atoms with Gasteiger partial charge in [0.2, 0.25) is 0 Å². The van der Waals surface area contributed by atoms with Crippen LogP contribution in [0.25, 0.3) is 0 Å². The molecule has 0 N–H and O–H groups in total. The molecule has 11 heavy (non-hydrogen) atoms. The van der Waals surface area contributed by atoms with Crippen LogP contribution in [0.4, 0.5) is 0 Å². The van der Waals surface area contributed by atoms with E-state index in [1.165, 1.54) is 0 Å². The molecule has 0 aromatic rings. The molecule has 0 amide bonds. The van der Waals surface area contributed by atoms with Crippen LogP contribution in [0.3, 0.4) is 0 Å². The third-order valence-corrected chi connectivity index (χ3v) is 5.00. The van der Waals surface area contributed by atoms with E-state index < -0.39 is 0 Å². The van der Waals surface area contributed by atoms with Gasteiger partial charge in [-0.2, -0.15) is 62.3 Å². The molecule has 0 aromatic heterocycles. The van der Waals surface area contributed by atoms with Crippen LogP contribution in [0.1, 0.15) is 0 Å². The Morgan fingerprint density at radius 2 is 1.27 bits per heavy atom. The quantitative estimate of drug-likeness (QED) is 0.521. The van der Waals surface area contributed by atoms with Crippen molar-refractivity contribution in [1.82, 2.24) is 0 Å². The lowest BCUT2D eigenvalue weighted by molar-refractivity contribution is 1.13. The minimum atomic E-state index is 0.406. The fourth-order valence-corrected chi connectivity index (χ4v) is 2.60. The minimum Gasteiger partial charge on any atom is -0.178 e. The molecule has 0 saturated carbocycles. The summed E-state index contributed by atoms with van der Waals surface area (Å²) in [5, 5.41) is 0.813. The summed E-state index contributed by atoms with van der Waals surface area (Å²) < 4.78 is 0. The topological polar surface area (TPSA) is 0 Å². The summed E-state index contributed by atoms with van der Waals surface area (Å²) in [5.41, 5.74) is 0. The highest BCUT2D eigenvalue weighted by Gasteiger charge is 2.03. The minimum absolute atomic E-state index is 0.406. The van der Waals surface area contributed by atoms with Crippen LogP contribution in [0.2, 0.25) is 0 Å². The monoisotopic (exact) mass is 246 g/mol. The molecule has 0 aliphatic rings. The Hall–Kier alpha value is 1.75. The van der Waals surface area contributed by atoms with Crippen LogP contribution < -0.4 is 0 Å². The predicted octanol–water partition coefficient (Wildman–Crippen LogP) is 2.18. The van der Waals surface area contributed by atoms with E-state index in [4.69, 9.17) is 0 Å². The molecule has 0 saturated heterocycles. The molecule has 2 atom stereocenters. The second-order valence-corrected chi connectivity index (χ2v) is 5.48. The lowest BCUT2D eigenvalue weighted by Gasteiger charge is -2.09. The van der Waals surface area contributed by atoms with Crippen molar-refractivity contribution in [2.75, 3.05) is 23.0 Å². The maximum absolute atomic E-state index is 4.32.